The number of morpholine rings is 1. The van der Waals surface area contributed by atoms with Crippen molar-refractivity contribution in [3.8, 4) is 11.4 Å². The Morgan fingerprint density at radius 2 is 1.69 bits per heavy atom. The van der Waals surface area contributed by atoms with Gasteiger partial charge in [-0.2, -0.15) is 18.3 Å². The lowest BCUT2D eigenvalue weighted by molar-refractivity contribution is -0.138. The van der Waals surface area contributed by atoms with Crippen LogP contribution in [0.15, 0.2) is 42.5 Å². The van der Waals surface area contributed by atoms with E-state index in [0.29, 0.717) is 60.2 Å². The van der Waals surface area contributed by atoms with E-state index in [4.69, 9.17) is 19.9 Å². The predicted octanol–water partition coefficient (Wildman–Crippen LogP) is 6.62. The van der Waals surface area contributed by atoms with Crippen molar-refractivity contribution in [2.75, 3.05) is 47.6 Å². The highest BCUT2D eigenvalue weighted by Gasteiger charge is 2.39. The highest BCUT2D eigenvalue weighted by atomic mass is 28.4. The molecule has 0 bridgehead atoms. The number of carbonyl (C=O) groups is 1. The molecule has 45 heavy (non-hydrogen) atoms. The van der Waals surface area contributed by atoms with Crippen molar-refractivity contribution in [1.29, 1.82) is 0 Å². The Kier molecular flexibility index (Phi) is 8.79. The van der Waals surface area contributed by atoms with E-state index in [0.717, 1.165) is 6.07 Å². The van der Waals surface area contributed by atoms with Crippen molar-refractivity contribution in [3.63, 3.8) is 0 Å². The number of hydrogen-bond acceptors (Lipinski definition) is 8. The lowest BCUT2D eigenvalue weighted by Gasteiger charge is -2.36. The molecule has 240 valence electrons. The number of alkyl halides is 3. The van der Waals surface area contributed by atoms with Gasteiger partial charge in [0, 0.05) is 30.0 Å². The summed E-state index contributed by atoms with van der Waals surface area (Å²) in [6.07, 6.45) is -4.62. The number of hydrogen-bond donors (Lipinski definition) is 4. The van der Waals surface area contributed by atoms with Crippen LogP contribution in [0.3, 0.4) is 0 Å². The molecule has 11 nitrogen and oxygen atoms in total. The molecule has 0 radical (unpaired) electrons. The van der Waals surface area contributed by atoms with Gasteiger partial charge in [-0.3, -0.25) is 5.10 Å². The van der Waals surface area contributed by atoms with Crippen LogP contribution in [0.4, 0.5) is 41.0 Å². The van der Waals surface area contributed by atoms with Crippen LogP contribution in [-0.4, -0.2) is 60.8 Å². The standard InChI is InChI=1S/C30H37F3N8O3Si/c1-29(2,3)45(4,5)44-17-19-8-11-21(16-22(19)30(31,32)33)36-28(42)35-20-9-6-18(7-10-20)26-37-23-24(39-40-25(23)34)27(38-26)41-12-14-43-15-13-41/h6-11,16H,12-15,17H2,1-5H3,(H3,34,39,40)(H2,35,36,42). The average molecular weight is 643 g/mol. The molecule has 3 heterocycles. The Morgan fingerprint density at radius 3 is 2.33 bits per heavy atom. The Labute approximate surface area is 259 Å². The molecular formula is C30H37F3N8O3Si. The monoisotopic (exact) mass is 642 g/mol. The van der Waals surface area contributed by atoms with Gasteiger partial charge in [-0.1, -0.05) is 26.8 Å². The molecule has 1 saturated heterocycles. The third-order valence-corrected chi connectivity index (χ3v) is 12.7. The van der Waals surface area contributed by atoms with Crippen LogP contribution in [0.25, 0.3) is 22.4 Å². The fourth-order valence-corrected chi connectivity index (χ4v) is 5.50. The molecule has 5 rings (SSSR count). The molecule has 0 spiro atoms. The highest BCUT2D eigenvalue weighted by Crippen LogP contribution is 2.39. The predicted molar refractivity (Wildman–Crippen MR) is 171 cm³/mol. The van der Waals surface area contributed by atoms with Gasteiger partial charge in [-0.05, 0) is 60.1 Å². The van der Waals surface area contributed by atoms with Gasteiger partial charge in [0.25, 0.3) is 0 Å². The SMILES string of the molecule is CC(C)(C)[Si](C)(C)OCc1ccc(NC(=O)Nc2ccc(-c3nc(N4CCOCC4)c4[nH]nc(N)c4n3)cc2)cc1C(F)(F)F. The number of urea groups is 1. The molecular weight excluding hydrogens is 605 g/mol. The van der Waals surface area contributed by atoms with Crippen LogP contribution in [0.5, 0.6) is 0 Å². The second kappa shape index (κ2) is 12.3. The Bertz CT molecular complexity index is 1680. The van der Waals surface area contributed by atoms with Crippen LogP contribution >= 0.6 is 0 Å². The van der Waals surface area contributed by atoms with Gasteiger partial charge in [0.1, 0.15) is 11.0 Å². The van der Waals surface area contributed by atoms with Crippen LogP contribution in [0, 0.1) is 0 Å². The lowest BCUT2D eigenvalue weighted by atomic mass is 10.1. The van der Waals surface area contributed by atoms with Crippen molar-refractivity contribution in [2.24, 2.45) is 0 Å². The molecule has 5 N–H and O–H groups in total. The summed E-state index contributed by atoms with van der Waals surface area (Å²) in [6.45, 7) is 12.3. The summed E-state index contributed by atoms with van der Waals surface area (Å²) < 4.78 is 53.4. The van der Waals surface area contributed by atoms with Crippen molar-refractivity contribution < 1.29 is 27.1 Å². The Hall–Kier alpha value is -4.21. The number of nitrogens with one attached hydrogen (secondary N) is 3. The van der Waals surface area contributed by atoms with Gasteiger partial charge in [0.2, 0.25) is 0 Å². The van der Waals surface area contributed by atoms with Crippen molar-refractivity contribution in [3.05, 3.63) is 53.6 Å². The van der Waals surface area contributed by atoms with Crippen molar-refractivity contribution >= 4 is 48.4 Å². The third-order valence-electron chi connectivity index (χ3n) is 8.20. The van der Waals surface area contributed by atoms with E-state index in [1.54, 1.807) is 24.3 Å². The lowest BCUT2D eigenvalue weighted by Crippen LogP contribution is -2.40. The molecule has 0 saturated carbocycles. The summed E-state index contributed by atoms with van der Waals surface area (Å²) in [7, 11) is -2.27. The minimum atomic E-state index is -4.62. The number of aromatic amines is 1. The first-order valence-electron chi connectivity index (χ1n) is 14.5. The normalized spacial score (nSPS) is 14.5. The maximum absolute atomic E-state index is 14.0. The Morgan fingerprint density at radius 1 is 1.04 bits per heavy atom. The summed E-state index contributed by atoms with van der Waals surface area (Å²) >= 11 is 0. The number of halogens is 3. The first kappa shape index (κ1) is 32.2. The summed E-state index contributed by atoms with van der Waals surface area (Å²) in [5, 5.41) is 12.0. The van der Waals surface area contributed by atoms with E-state index >= 15 is 0 Å². The van der Waals surface area contributed by atoms with Gasteiger partial charge in [-0.25, -0.2) is 14.8 Å². The highest BCUT2D eigenvalue weighted by molar-refractivity contribution is 6.74. The first-order valence-corrected chi connectivity index (χ1v) is 17.4. The fraction of sp³-hybridized carbons (Fsp3) is 0.400. The van der Waals surface area contributed by atoms with Crippen LogP contribution in [-0.2, 0) is 21.9 Å². The van der Waals surface area contributed by atoms with Crippen LogP contribution in [0.2, 0.25) is 18.1 Å². The minimum Gasteiger partial charge on any atom is -0.413 e. The zero-order chi connectivity index (χ0) is 32.6. The number of amides is 2. The molecule has 4 aromatic rings. The van der Waals surface area contributed by atoms with Crippen molar-refractivity contribution in [1.82, 2.24) is 20.2 Å². The summed E-state index contributed by atoms with van der Waals surface area (Å²) in [5.41, 5.74) is 7.45. The van der Waals surface area contributed by atoms with Crippen LogP contribution in [0.1, 0.15) is 31.9 Å². The summed E-state index contributed by atoms with van der Waals surface area (Å²) in [6, 6.07) is 9.77. The number of nitrogen functional groups attached to an aromatic ring is 1. The fourth-order valence-electron chi connectivity index (χ4n) is 4.55. The smallest absolute Gasteiger partial charge is 0.413 e. The van der Waals surface area contributed by atoms with E-state index in [9.17, 15) is 18.0 Å². The van der Waals surface area contributed by atoms with Gasteiger partial charge >= 0.3 is 12.2 Å². The molecule has 0 aliphatic carbocycles. The number of anilines is 4. The molecule has 1 aliphatic heterocycles. The number of ether oxygens (including phenoxy) is 1. The molecule has 15 heteroatoms. The van der Waals surface area contributed by atoms with Crippen molar-refractivity contribution in [2.45, 2.75) is 51.7 Å². The molecule has 2 amide bonds. The second-order valence-corrected chi connectivity index (χ2v) is 17.2. The largest absolute Gasteiger partial charge is 0.416 e. The van der Waals surface area contributed by atoms with Gasteiger partial charge in [0.15, 0.2) is 25.8 Å². The summed E-state index contributed by atoms with van der Waals surface area (Å²) in [5.74, 6) is 1.34. The topological polar surface area (TPSA) is 143 Å². The number of rotatable bonds is 7. The second-order valence-electron chi connectivity index (χ2n) is 12.4. The molecule has 0 unspecified atom stereocenters. The molecule has 1 fully saturated rings. The molecule has 1 aliphatic rings. The number of benzene rings is 2. The first-order chi connectivity index (χ1) is 21.1. The van der Waals surface area contributed by atoms with E-state index in [-0.39, 0.29) is 28.7 Å². The number of nitrogens with zero attached hydrogens (tertiary/aromatic N) is 4. The number of aromatic nitrogens is 4. The number of carbonyl (C=O) groups excluding carboxylic acids is 1. The Balaban J connectivity index is 1.29. The maximum Gasteiger partial charge on any atom is 0.416 e. The molecule has 0 atom stereocenters. The molecule has 2 aromatic carbocycles. The number of fused-ring (bicyclic) bond motifs is 1. The zero-order valence-corrected chi connectivity index (χ0v) is 26.8. The number of H-pyrrole nitrogens is 1. The third kappa shape index (κ3) is 7.21. The van der Waals surface area contributed by atoms with E-state index in [1.165, 1.54) is 12.1 Å². The summed E-state index contributed by atoms with van der Waals surface area (Å²) in [4.78, 5) is 24.2. The quantitative estimate of drug-likeness (QED) is 0.165. The van der Waals surface area contributed by atoms with Gasteiger partial charge < -0.3 is 30.4 Å². The average Bonchev–Trinajstić information content (AvgIpc) is 3.36. The number of nitrogens with two attached hydrogens (primary N) is 1. The van der Waals surface area contributed by atoms with Gasteiger partial charge in [0.05, 0.1) is 25.4 Å². The minimum absolute atomic E-state index is 0.00238. The zero-order valence-electron chi connectivity index (χ0n) is 25.8. The van der Waals surface area contributed by atoms with Crippen LogP contribution < -0.4 is 21.3 Å². The van der Waals surface area contributed by atoms with Gasteiger partial charge in [-0.15, -0.1) is 0 Å². The maximum atomic E-state index is 14.0. The van der Waals surface area contributed by atoms with E-state index in [2.05, 4.69) is 30.7 Å². The van der Waals surface area contributed by atoms with E-state index < -0.39 is 26.1 Å². The molecule has 2 aromatic heterocycles. The van der Waals surface area contributed by atoms with E-state index in [1.807, 2.05) is 33.9 Å².